The fourth-order valence-corrected chi connectivity index (χ4v) is 2.37. The van der Waals surface area contributed by atoms with E-state index in [2.05, 4.69) is 47.3 Å². The first-order valence-corrected chi connectivity index (χ1v) is 7.89. The zero-order chi connectivity index (χ0) is 14.9. The van der Waals surface area contributed by atoms with Crippen LogP contribution in [0.4, 0.5) is 0 Å². The number of aryl methyl sites for hydroxylation is 1. The molecule has 2 aromatic rings. The summed E-state index contributed by atoms with van der Waals surface area (Å²) in [5, 5.41) is 3.61. The Morgan fingerprint density at radius 1 is 1.00 bits per heavy atom. The lowest BCUT2D eigenvalue weighted by atomic mass is 10.0. The molecule has 21 heavy (non-hydrogen) atoms. The van der Waals surface area contributed by atoms with E-state index in [-0.39, 0.29) is 0 Å². The Kier molecular flexibility index (Phi) is 6.35. The molecule has 1 N–H and O–H groups in total. The van der Waals surface area contributed by atoms with Gasteiger partial charge >= 0.3 is 0 Å². The number of pyridine rings is 2. The van der Waals surface area contributed by atoms with Crippen molar-refractivity contribution in [1.82, 2.24) is 15.3 Å². The summed E-state index contributed by atoms with van der Waals surface area (Å²) < 4.78 is 0. The summed E-state index contributed by atoms with van der Waals surface area (Å²) in [4.78, 5) is 9.01. The molecule has 1 atom stereocenters. The average Bonchev–Trinajstić information content (AvgIpc) is 2.54. The molecule has 2 heterocycles. The zero-order valence-electron chi connectivity index (χ0n) is 13.0. The maximum Gasteiger partial charge on any atom is 0.0419 e. The van der Waals surface area contributed by atoms with E-state index in [4.69, 9.17) is 0 Å². The fourth-order valence-electron chi connectivity index (χ4n) is 2.37. The van der Waals surface area contributed by atoms with E-state index in [0.29, 0.717) is 6.04 Å². The highest BCUT2D eigenvalue weighted by Crippen LogP contribution is 2.08. The van der Waals surface area contributed by atoms with E-state index in [1.165, 1.54) is 5.56 Å². The summed E-state index contributed by atoms with van der Waals surface area (Å²) in [6, 6.07) is 10.8. The number of rotatable bonds is 8. The number of hydrogen-bond donors (Lipinski definition) is 1. The van der Waals surface area contributed by atoms with Crippen LogP contribution in [0.25, 0.3) is 0 Å². The van der Waals surface area contributed by atoms with Crippen molar-refractivity contribution in [2.24, 2.45) is 0 Å². The summed E-state index contributed by atoms with van der Waals surface area (Å²) in [5.74, 6) is 0. The van der Waals surface area contributed by atoms with Crippen molar-refractivity contribution in [3.05, 3.63) is 59.7 Å². The average molecular weight is 283 g/mol. The monoisotopic (exact) mass is 283 g/mol. The molecule has 2 aromatic heterocycles. The Morgan fingerprint density at radius 3 is 2.38 bits per heavy atom. The lowest BCUT2D eigenvalue weighted by Crippen LogP contribution is -2.34. The minimum absolute atomic E-state index is 0.389. The van der Waals surface area contributed by atoms with E-state index < -0.39 is 0 Å². The van der Waals surface area contributed by atoms with Gasteiger partial charge in [0.1, 0.15) is 0 Å². The SMILES string of the molecule is CCCNC(Cc1ccccn1)Cc1ccc(CC)cn1. The van der Waals surface area contributed by atoms with Crippen LogP contribution in [-0.2, 0) is 19.3 Å². The van der Waals surface area contributed by atoms with Gasteiger partial charge in [-0.25, -0.2) is 0 Å². The van der Waals surface area contributed by atoms with Crippen LogP contribution in [0.3, 0.4) is 0 Å². The second kappa shape index (κ2) is 8.53. The lowest BCUT2D eigenvalue weighted by Gasteiger charge is -2.18. The Bertz CT molecular complexity index is 508. The van der Waals surface area contributed by atoms with E-state index in [9.17, 15) is 0 Å². The third-order valence-corrected chi connectivity index (χ3v) is 3.61. The van der Waals surface area contributed by atoms with Gasteiger partial charge in [0.25, 0.3) is 0 Å². The first-order chi connectivity index (χ1) is 10.3. The largest absolute Gasteiger partial charge is 0.313 e. The van der Waals surface area contributed by atoms with Crippen LogP contribution in [0.1, 0.15) is 37.2 Å². The van der Waals surface area contributed by atoms with Crippen molar-refractivity contribution in [3.8, 4) is 0 Å². The number of nitrogens with zero attached hydrogens (tertiary/aromatic N) is 2. The van der Waals surface area contributed by atoms with Crippen LogP contribution in [0, 0.1) is 0 Å². The third-order valence-electron chi connectivity index (χ3n) is 3.61. The molecule has 0 fully saturated rings. The lowest BCUT2D eigenvalue weighted by molar-refractivity contribution is 0.496. The van der Waals surface area contributed by atoms with E-state index in [0.717, 1.165) is 43.6 Å². The molecule has 0 amide bonds. The van der Waals surface area contributed by atoms with Gasteiger partial charge in [-0.15, -0.1) is 0 Å². The maximum absolute atomic E-state index is 4.58. The molecule has 3 nitrogen and oxygen atoms in total. The van der Waals surface area contributed by atoms with Crippen LogP contribution in [0.15, 0.2) is 42.7 Å². The molecular formula is C18H25N3. The highest BCUT2D eigenvalue weighted by atomic mass is 14.9. The Hall–Kier alpha value is -1.74. The Balaban J connectivity index is 2.00. The first kappa shape index (κ1) is 15.6. The maximum atomic E-state index is 4.58. The molecule has 112 valence electrons. The molecule has 0 saturated carbocycles. The van der Waals surface area contributed by atoms with Gasteiger partial charge < -0.3 is 5.32 Å². The minimum Gasteiger partial charge on any atom is -0.313 e. The molecular weight excluding hydrogens is 258 g/mol. The van der Waals surface area contributed by atoms with Crippen LogP contribution in [0.2, 0.25) is 0 Å². The molecule has 0 aliphatic rings. The summed E-state index contributed by atoms with van der Waals surface area (Å²) in [6.45, 7) is 5.38. The van der Waals surface area contributed by atoms with Crippen LogP contribution >= 0.6 is 0 Å². The number of nitrogens with one attached hydrogen (secondary N) is 1. The second-order valence-corrected chi connectivity index (χ2v) is 5.39. The summed E-state index contributed by atoms with van der Waals surface area (Å²) in [5.41, 5.74) is 3.58. The molecule has 0 saturated heterocycles. The molecule has 0 aromatic carbocycles. The predicted molar refractivity (Wildman–Crippen MR) is 87.3 cm³/mol. The number of hydrogen-bond acceptors (Lipinski definition) is 3. The third kappa shape index (κ3) is 5.27. The minimum atomic E-state index is 0.389. The molecule has 0 aliphatic carbocycles. The molecule has 1 unspecified atom stereocenters. The van der Waals surface area contributed by atoms with Crippen LogP contribution in [0.5, 0.6) is 0 Å². The highest BCUT2D eigenvalue weighted by molar-refractivity contribution is 5.15. The van der Waals surface area contributed by atoms with E-state index in [1.54, 1.807) is 0 Å². The topological polar surface area (TPSA) is 37.8 Å². The first-order valence-electron chi connectivity index (χ1n) is 7.89. The molecule has 0 aliphatic heterocycles. The van der Waals surface area contributed by atoms with Gasteiger partial charge in [-0.05, 0) is 43.1 Å². The Morgan fingerprint density at radius 2 is 1.81 bits per heavy atom. The summed E-state index contributed by atoms with van der Waals surface area (Å²) in [7, 11) is 0. The van der Waals surface area contributed by atoms with Crippen molar-refractivity contribution in [2.75, 3.05) is 6.54 Å². The summed E-state index contributed by atoms with van der Waals surface area (Å²) >= 11 is 0. The molecule has 0 spiro atoms. The van der Waals surface area contributed by atoms with Gasteiger partial charge in [0.05, 0.1) is 0 Å². The van der Waals surface area contributed by atoms with E-state index >= 15 is 0 Å². The van der Waals surface area contributed by atoms with Gasteiger partial charge in [0.15, 0.2) is 0 Å². The van der Waals surface area contributed by atoms with Gasteiger partial charge in [0.2, 0.25) is 0 Å². The van der Waals surface area contributed by atoms with Crippen molar-refractivity contribution in [1.29, 1.82) is 0 Å². The predicted octanol–water partition coefficient (Wildman–Crippen LogP) is 3.19. The molecule has 3 heteroatoms. The van der Waals surface area contributed by atoms with E-state index in [1.807, 2.05) is 24.5 Å². The van der Waals surface area contributed by atoms with Crippen molar-refractivity contribution in [3.63, 3.8) is 0 Å². The molecule has 0 bridgehead atoms. The molecule has 0 radical (unpaired) electrons. The fraction of sp³-hybridized carbons (Fsp3) is 0.444. The van der Waals surface area contributed by atoms with Gasteiger partial charge in [-0.2, -0.15) is 0 Å². The molecule has 2 rings (SSSR count). The van der Waals surface area contributed by atoms with Crippen LogP contribution in [-0.4, -0.2) is 22.6 Å². The summed E-state index contributed by atoms with van der Waals surface area (Å²) in [6.07, 6.45) is 7.92. The smallest absolute Gasteiger partial charge is 0.0419 e. The highest BCUT2D eigenvalue weighted by Gasteiger charge is 2.11. The van der Waals surface area contributed by atoms with Crippen molar-refractivity contribution >= 4 is 0 Å². The van der Waals surface area contributed by atoms with Crippen molar-refractivity contribution < 1.29 is 0 Å². The van der Waals surface area contributed by atoms with Gasteiger partial charge in [0, 0.05) is 42.7 Å². The Labute approximate surface area is 127 Å². The normalized spacial score (nSPS) is 12.3. The number of aromatic nitrogens is 2. The zero-order valence-corrected chi connectivity index (χ0v) is 13.0. The second-order valence-electron chi connectivity index (χ2n) is 5.39. The standard InChI is InChI=1S/C18H25N3/c1-3-10-19-18(12-16-7-5-6-11-20-16)13-17-9-8-15(4-2)14-21-17/h5-9,11,14,18-19H,3-4,10,12-13H2,1-2H3. The quantitative estimate of drug-likeness (QED) is 0.808. The van der Waals surface area contributed by atoms with Gasteiger partial charge in [-0.1, -0.05) is 26.0 Å². The van der Waals surface area contributed by atoms with Gasteiger partial charge in [-0.3, -0.25) is 9.97 Å². The van der Waals surface area contributed by atoms with Crippen LogP contribution < -0.4 is 5.32 Å². The van der Waals surface area contributed by atoms with Crippen molar-refractivity contribution in [2.45, 2.75) is 45.6 Å².